The fraction of sp³-hybridized carbons (Fsp3) is 0.667. The molecule has 0 aliphatic carbocycles. The molecule has 3 heteroatoms. The monoisotopic (exact) mass is 290 g/mol. The van der Waals surface area contributed by atoms with E-state index < -0.39 is 0 Å². The molecule has 0 aliphatic heterocycles. The zero-order chi connectivity index (χ0) is 15.7. The van der Waals surface area contributed by atoms with Crippen LogP contribution in [0.1, 0.15) is 82.3 Å². The third kappa shape index (κ3) is 6.74. The molecule has 0 bridgehead atoms. The normalized spacial score (nSPS) is 11.4. The Hall–Kier alpha value is -1.38. The molecule has 1 heterocycles. The van der Waals surface area contributed by atoms with Gasteiger partial charge in [-0.05, 0) is 18.6 Å². The number of hydrogen-bond donors (Lipinski definition) is 1. The lowest BCUT2D eigenvalue weighted by Crippen LogP contribution is -2.25. The summed E-state index contributed by atoms with van der Waals surface area (Å²) < 4.78 is 0. The second-order valence-electron chi connectivity index (χ2n) is 6.71. The molecule has 1 N–H and O–H groups in total. The Morgan fingerprint density at radius 2 is 1.76 bits per heavy atom. The van der Waals surface area contributed by atoms with Crippen LogP contribution in [0.3, 0.4) is 0 Å². The standard InChI is InChI=1S/C18H30N2O/c1-5-6-7-8-9-10-13-19-17(21)15-11-12-16(20-14-15)18(2,3)4/h11-12,14H,5-10,13H2,1-4H3,(H,19,21). The van der Waals surface area contributed by atoms with Crippen molar-refractivity contribution in [3.8, 4) is 0 Å². The molecule has 0 unspecified atom stereocenters. The van der Waals surface area contributed by atoms with Gasteiger partial charge < -0.3 is 5.32 Å². The highest BCUT2D eigenvalue weighted by molar-refractivity contribution is 5.93. The van der Waals surface area contributed by atoms with Gasteiger partial charge in [0, 0.05) is 23.9 Å². The Balaban J connectivity index is 2.29. The van der Waals surface area contributed by atoms with Gasteiger partial charge in [0.25, 0.3) is 5.91 Å². The van der Waals surface area contributed by atoms with Gasteiger partial charge in [-0.15, -0.1) is 0 Å². The number of unbranched alkanes of at least 4 members (excludes halogenated alkanes) is 5. The van der Waals surface area contributed by atoms with Gasteiger partial charge in [0.1, 0.15) is 0 Å². The van der Waals surface area contributed by atoms with Crippen LogP contribution in [0.25, 0.3) is 0 Å². The first kappa shape index (κ1) is 17.7. The van der Waals surface area contributed by atoms with Gasteiger partial charge in [0.05, 0.1) is 5.56 Å². The third-order valence-corrected chi connectivity index (χ3v) is 3.61. The quantitative estimate of drug-likeness (QED) is 0.718. The van der Waals surface area contributed by atoms with Crippen molar-refractivity contribution in [2.24, 2.45) is 0 Å². The summed E-state index contributed by atoms with van der Waals surface area (Å²) in [6.07, 6.45) is 9.10. The molecule has 1 rings (SSSR count). The maximum Gasteiger partial charge on any atom is 0.252 e. The molecular formula is C18H30N2O. The summed E-state index contributed by atoms with van der Waals surface area (Å²) in [6, 6.07) is 3.81. The molecule has 0 aliphatic rings. The first-order chi connectivity index (χ1) is 9.95. The molecular weight excluding hydrogens is 260 g/mol. The number of rotatable bonds is 8. The molecule has 0 saturated carbocycles. The van der Waals surface area contributed by atoms with E-state index in [2.05, 4.69) is 38.0 Å². The summed E-state index contributed by atoms with van der Waals surface area (Å²) >= 11 is 0. The Morgan fingerprint density at radius 1 is 1.10 bits per heavy atom. The van der Waals surface area contributed by atoms with E-state index in [1.807, 2.05) is 12.1 Å². The SMILES string of the molecule is CCCCCCCCNC(=O)c1ccc(C(C)(C)C)nc1. The molecule has 3 nitrogen and oxygen atoms in total. The number of amides is 1. The van der Waals surface area contributed by atoms with Crippen LogP contribution >= 0.6 is 0 Å². The van der Waals surface area contributed by atoms with Crippen LogP contribution in [-0.2, 0) is 5.41 Å². The van der Waals surface area contributed by atoms with Crippen LogP contribution in [-0.4, -0.2) is 17.4 Å². The van der Waals surface area contributed by atoms with E-state index in [9.17, 15) is 4.79 Å². The van der Waals surface area contributed by atoms with Gasteiger partial charge in [-0.3, -0.25) is 9.78 Å². The van der Waals surface area contributed by atoms with Crippen LogP contribution in [0.15, 0.2) is 18.3 Å². The average Bonchev–Trinajstić information content (AvgIpc) is 2.45. The van der Waals surface area contributed by atoms with Gasteiger partial charge in [-0.1, -0.05) is 59.8 Å². The Morgan fingerprint density at radius 3 is 2.33 bits per heavy atom. The van der Waals surface area contributed by atoms with Gasteiger partial charge in [-0.25, -0.2) is 0 Å². The topological polar surface area (TPSA) is 42.0 Å². The second-order valence-corrected chi connectivity index (χ2v) is 6.71. The number of carbonyl (C=O) groups is 1. The predicted molar refractivity (Wildman–Crippen MR) is 88.6 cm³/mol. The van der Waals surface area contributed by atoms with Crippen LogP contribution in [0, 0.1) is 0 Å². The van der Waals surface area contributed by atoms with Gasteiger partial charge >= 0.3 is 0 Å². The minimum Gasteiger partial charge on any atom is -0.352 e. The summed E-state index contributed by atoms with van der Waals surface area (Å²) in [6.45, 7) is 9.33. The zero-order valence-electron chi connectivity index (χ0n) is 14.0. The van der Waals surface area contributed by atoms with E-state index in [4.69, 9.17) is 0 Å². The molecule has 0 atom stereocenters. The van der Waals surface area contributed by atoms with E-state index in [0.29, 0.717) is 5.56 Å². The molecule has 1 amide bonds. The molecule has 0 fully saturated rings. The average molecular weight is 290 g/mol. The van der Waals surface area contributed by atoms with Gasteiger partial charge in [0.2, 0.25) is 0 Å². The minimum absolute atomic E-state index is 0.0171. The highest BCUT2D eigenvalue weighted by Crippen LogP contribution is 2.19. The Kier molecular flexibility index (Phi) is 7.41. The number of nitrogens with zero attached hydrogens (tertiary/aromatic N) is 1. The van der Waals surface area contributed by atoms with Crippen molar-refractivity contribution >= 4 is 5.91 Å². The van der Waals surface area contributed by atoms with Crippen LogP contribution in [0.2, 0.25) is 0 Å². The predicted octanol–water partition coefficient (Wildman–Crippen LogP) is 4.47. The first-order valence-corrected chi connectivity index (χ1v) is 8.20. The maximum atomic E-state index is 12.0. The third-order valence-electron chi connectivity index (χ3n) is 3.61. The number of carbonyl (C=O) groups excluding carboxylic acids is 1. The number of pyridine rings is 1. The maximum absolute atomic E-state index is 12.0. The van der Waals surface area contributed by atoms with Crippen molar-refractivity contribution < 1.29 is 4.79 Å². The van der Waals surface area contributed by atoms with Crippen LogP contribution in [0.4, 0.5) is 0 Å². The fourth-order valence-corrected chi connectivity index (χ4v) is 2.18. The lowest BCUT2D eigenvalue weighted by Gasteiger charge is -2.17. The zero-order valence-corrected chi connectivity index (χ0v) is 14.0. The van der Waals surface area contributed by atoms with Crippen LogP contribution in [0.5, 0.6) is 0 Å². The van der Waals surface area contributed by atoms with Gasteiger partial charge in [0.15, 0.2) is 0 Å². The summed E-state index contributed by atoms with van der Waals surface area (Å²) in [5, 5.41) is 2.97. The van der Waals surface area contributed by atoms with Crippen molar-refractivity contribution in [1.29, 1.82) is 0 Å². The van der Waals surface area contributed by atoms with Crippen molar-refractivity contribution in [3.05, 3.63) is 29.6 Å². The van der Waals surface area contributed by atoms with Crippen LogP contribution < -0.4 is 5.32 Å². The Labute approximate surface area is 129 Å². The molecule has 0 spiro atoms. The summed E-state index contributed by atoms with van der Waals surface area (Å²) in [5.74, 6) is -0.0171. The Bertz CT molecular complexity index is 418. The lowest BCUT2D eigenvalue weighted by atomic mass is 9.91. The number of aromatic nitrogens is 1. The van der Waals surface area contributed by atoms with E-state index in [1.54, 1.807) is 6.20 Å². The van der Waals surface area contributed by atoms with Gasteiger partial charge in [-0.2, -0.15) is 0 Å². The highest BCUT2D eigenvalue weighted by Gasteiger charge is 2.15. The van der Waals surface area contributed by atoms with E-state index in [1.165, 1.54) is 32.1 Å². The van der Waals surface area contributed by atoms with Crippen molar-refractivity contribution in [1.82, 2.24) is 10.3 Å². The molecule has 1 aromatic heterocycles. The molecule has 1 aromatic rings. The lowest BCUT2D eigenvalue weighted by molar-refractivity contribution is 0.0952. The summed E-state index contributed by atoms with van der Waals surface area (Å²) in [5.41, 5.74) is 1.68. The fourth-order valence-electron chi connectivity index (χ4n) is 2.18. The minimum atomic E-state index is -0.0171. The van der Waals surface area contributed by atoms with E-state index in [-0.39, 0.29) is 11.3 Å². The molecule has 0 radical (unpaired) electrons. The smallest absolute Gasteiger partial charge is 0.252 e. The second kappa shape index (κ2) is 8.81. The number of hydrogen-bond acceptors (Lipinski definition) is 2. The van der Waals surface area contributed by atoms with Crippen molar-refractivity contribution in [2.75, 3.05) is 6.54 Å². The molecule has 118 valence electrons. The van der Waals surface area contributed by atoms with Crippen molar-refractivity contribution in [2.45, 2.75) is 71.6 Å². The first-order valence-electron chi connectivity index (χ1n) is 8.20. The molecule has 0 aromatic carbocycles. The summed E-state index contributed by atoms with van der Waals surface area (Å²) in [4.78, 5) is 16.4. The number of nitrogens with one attached hydrogen (secondary N) is 1. The van der Waals surface area contributed by atoms with E-state index >= 15 is 0 Å². The highest BCUT2D eigenvalue weighted by atomic mass is 16.1. The molecule has 0 saturated heterocycles. The largest absolute Gasteiger partial charge is 0.352 e. The summed E-state index contributed by atoms with van der Waals surface area (Å²) in [7, 11) is 0. The van der Waals surface area contributed by atoms with Crippen molar-refractivity contribution in [3.63, 3.8) is 0 Å². The van der Waals surface area contributed by atoms with E-state index in [0.717, 1.165) is 18.7 Å². The molecule has 21 heavy (non-hydrogen) atoms.